The third-order valence-corrected chi connectivity index (χ3v) is 3.84. The van der Waals surface area contributed by atoms with Crippen molar-refractivity contribution in [1.29, 1.82) is 0 Å². The molecule has 0 aliphatic carbocycles. The van der Waals surface area contributed by atoms with Crippen LogP contribution in [0.2, 0.25) is 0 Å². The van der Waals surface area contributed by atoms with Crippen molar-refractivity contribution in [3.63, 3.8) is 0 Å². The highest BCUT2D eigenvalue weighted by Gasteiger charge is 2.09. The quantitative estimate of drug-likeness (QED) is 0.699. The van der Waals surface area contributed by atoms with Gasteiger partial charge >= 0.3 is 6.03 Å². The largest absolute Gasteiger partial charge is 0.497 e. The number of carbonyl (C=O) groups is 1. The lowest BCUT2D eigenvalue weighted by Crippen LogP contribution is -2.32. The average Bonchev–Trinajstić information content (AvgIpc) is 2.65. The Morgan fingerprint density at radius 3 is 2.54 bits per heavy atom. The van der Waals surface area contributed by atoms with Crippen LogP contribution < -0.4 is 24.8 Å². The van der Waals surface area contributed by atoms with Gasteiger partial charge in [-0.25, -0.2) is 4.79 Å². The fourth-order valence-electron chi connectivity index (χ4n) is 2.38. The SMILES string of the molecule is COc1ccc(OC)c(NC(=O)NCCOc2cccc(C(C)C)c2)c1. The first-order chi connectivity index (χ1) is 12.5. The number of methoxy groups -OCH3 is 2. The van der Waals surface area contributed by atoms with Gasteiger partial charge in [0.2, 0.25) is 0 Å². The summed E-state index contributed by atoms with van der Waals surface area (Å²) in [6.45, 7) is 5.03. The normalized spacial score (nSPS) is 10.3. The highest BCUT2D eigenvalue weighted by Crippen LogP contribution is 2.28. The van der Waals surface area contributed by atoms with E-state index in [2.05, 4.69) is 30.5 Å². The summed E-state index contributed by atoms with van der Waals surface area (Å²) < 4.78 is 16.1. The van der Waals surface area contributed by atoms with E-state index in [0.717, 1.165) is 5.75 Å². The van der Waals surface area contributed by atoms with Crippen molar-refractivity contribution in [2.24, 2.45) is 0 Å². The summed E-state index contributed by atoms with van der Waals surface area (Å²) in [6.07, 6.45) is 0. The molecule has 2 amide bonds. The van der Waals surface area contributed by atoms with Gasteiger partial charge in [0.05, 0.1) is 26.5 Å². The van der Waals surface area contributed by atoms with Crippen molar-refractivity contribution < 1.29 is 19.0 Å². The molecule has 0 aliphatic rings. The number of hydrogen-bond donors (Lipinski definition) is 2. The molecule has 0 aliphatic heterocycles. The zero-order valence-electron chi connectivity index (χ0n) is 15.7. The van der Waals surface area contributed by atoms with Gasteiger partial charge in [-0.05, 0) is 35.7 Å². The van der Waals surface area contributed by atoms with E-state index < -0.39 is 0 Å². The van der Waals surface area contributed by atoms with Crippen molar-refractivity contribution in [3.8, 4) is 17.2 Å². The van der Waals surface area contributed by atoms with Crippen molar-refractivity contribution >= 4 is 11.7 Å². The lowest BCUT2D eigenvalue weighted by molar-refractivity contribution is 0.247. The summed E-state index contributed by atoms with van der Waals surface area (Å²) in [5.74, 6) is 2.44. The highest BCUT2D eigenvalue weighted by molar-refractivity contribution is 5.91. The van der Waals surface area contributed by atoms with Gasteiger partial charge in [-0.2, -0.15) is 0 Å². The molecule has 0 spiro atoms. The molecule has 140 valence electrons. The Balaban J connectivity index is 1.81. The molecule has 0 unspecified atom stereocenters. The van der Waals surface area contributed by atoms with Crippen LogP contribution >= 0.6 is 0 Å². The molecule has 0 aromatic heterocycles. The van der Waals surface area contributed by atoms with Crippen LogP contribution in [0.15, 0.2) is 42.5 Å². The van der Waals surface area contributed by atoms with Crippen molar-refractivity contribution in [1.82, 2.24) is 5.32 Å². The maximum absolute atomic E-state index is 12.1. The molecule has 2 aromatic rings. The lowest BCUT2D eigenvalue weighted by atomic mass is 10.0. The van der Waals surface area contributed by atoms with Crippen LogP contribution in [-0.4, -0.2) is 33.4 Å². The van der Waals surface area contributed by atoms with E-state index in [1.54, 1.807) is 32.4 Å². The minimum absolute atomic E-state index is 0.337. The summed E-state index contributed by atoms with van der Waals surface area (Å²) in [5, 5.41) is 5.50. The average molecular weight is 358 g/mol. The number of anilines is 1. The molecule has 2 rings (SSSR count). The molecule has 0 bridgehead atoms. The number of urea groups is 1. The first kappa shape index (κ1) is 19.4. The highest BCUT2D eigenvalue weighted by atomic mass is 16.5. The summed E-state index contributed by atoms with van der Waals surface area (Å²) >= 11 is 0. The van der Waals surface area contributed by atoms with Crippen LogP contribution in [0.3, 0.4) is 0 Å². The van der Waals surface area contributed by atoms with Crippen LogP contribution in [0.1, 0.15) is 25.3 Å². The van der Waals surface area contributed by atoms with E-state index >= 15 is 0 Å². The van der Waals surface area contributed by atoms with E-state index in [1.165, 1.54) is 5.56 Å². The summed E-state index contributed by atoms with van der Waals surface area (Å²) in [4.78, 5) is 12.1. The number of nitrogens with one attached hydrogen (secondary N) is 2. The van der Waals surface area contributed by atoms with Crippen LogP contribution in [0.4, 0.5) is 10.5 Å². The number of amides is 2. The molecule has 0 heterocycles. The first-order valence-corrected chi connectivity index (χ1v) is 8.53. The molecule has 26 heavy (non-hydrogen) atoms. The molecule has 0 radical (unpaired) electrons. The zero-order valence-corrected chi connectivity index (χ0v) is 15.7. The van der Waals surface area contributed by atoms with Gasteiger partial charge in [0, 0.05) is 6.07 Å². The van der Waals surface area contributed by atoms with E-state index in [4.69, 9.17) is 14.2 Å². The molecule has 0 fully saturated rings. The summed E-state index contributed by atoms with van der Waals surface area (Å²) in [5.41, 5.74) is 1.76. The minimum Gasteiger partial charge on any atom is -0.497 e. The third-order valence-electron chi connectivity index (χ3n) is 3.84. The topological polar surface area (TPSA) is 68.8 Å². The second kappa shape index (κ2) is 9.56. The third kappa shape index (κ3) is 5.58. The Bertz CT molecular complexity index is 732. The monoisotopic (exact) mass is 358 g/mol. The van der Waals surface area contributed by atoms with E-state index in [9.17, 15) is 4.79 Å². The van der Waals surface area contributed by atoms with Gasteiger partial charge < -0.3 is 24.8 Å². The standard InChI is InChI=1S/C20H26N2O4/c1-14(2)15-6-5-7-17(12-15)26-11-10-21-20(23)22-18-13-16(24-3)8-9-19(18)25-4/h5-9,12-14H,10-11H2,1-4H3,(H2,21,22,23). The van der Waals surface area contributed by atoms with E-state index in [-0.39, 0.29) is 6.03 Å². The zero-order chi connectivity index (χ0) is 18.9. The molecule has 2 aromatic carbocycles. The Morgan fingerprint density at radius 1 is 1.04 bits per heavy atom. The first-order valence-electron chi connectivity index (χ1n) is 8.53. The molecular formula is C20H26N2O4. The van der Waals surface area contributed by atoms with Crippen LogP contribution in [0.25, 0.3) is 0 Å². The minimum atomic E-state index is -0.337. The molecule has 6 heteroatoms. The molecule has 0 atom stereocenters. The number of hydrogen-bond acceptors (Lipinski definition) is 4. The Labute approximate surface area is 154 Å². The number of ether oxygens (including phenoxy) is 3. The second-order valence-corrected chi connectivity index (χ2v) is 6.02. The Hall–Kier alpha value is -2.89. The number of benzene rings is 2. The van der Waals surface area contributed by atoms with E-state index in [0.29, 0.717) is 36.3 Å². The second-order valence-electron chi connectivity index (χ2n) is 6.02. The lowest BCUT2D eigenvalue weighted by Gasteiger charge is -2.13. The smallest absolute Gasteiger partial charge is 0.319 e. The molecule has 2 N–H and O–H groups in total. The van der Waals surface area contributed by atoms with Crippen LogP contribution in [0, 0.1) is 0 Å². The predicted octanol–water partition coefficient (Wildman–Crippen LogP) is 4.03. The Morgan fingerprint density at radius 2 is 1.85 bits per heavy atom. The fourth-order valence-corrected chi connectivity index (χ4v) is 2.38. The van der Waals surface area contributed by atoms with Crippen LogP contribution in [-0.2, 0) is 0 Å². The molecular weight excluding hydrogens is 332 g/mol. The summed E-state index contributed by atoms with van der Waals surface area (Å²) in [7, 11) is 3.11. The van der Waals surface area contributed by atoms with Crippen molar-refractivity contribution in [3.05, 3.63) is 48.0 Å². The molecule has 0 saturated carbocycles. The van der Waals surface area contributed by atoms with Gasteiger partial charge in [-0.3, -0.25) is 0 Å². The predicted molar refractivity (Wildman–Crippen MR) is 103 cm³/mol. The molecule has 0 saturated heterocycles. The maximum atomic E-state index is 12.1. The van der Waals surface area contributed by atoms with Gasteiger partial charge in [0.15, 0.2) is 0 Å². The van der Waals surface area contributed by atoms with Crippen molar-refractivity contribution in [2.45, 2.75) is 19.8 Å². The summed E-state index contributed by atoms with van der Waals surface area (Å²) in [6, 6.07) is 12.8. The fraction of sp³-hybridized carbons (Fsp3) is 0.350. The van der Waals surface area contributed by atoms with Crippen molar-refractivity contribution in [2.75, 3.05) is 32.7 Å². The Kier molecular flexibility index (Phi) is 7.14. The number of carbonyl (C=O) groups excluding carboxylic acids is 1. The van der Waals surface area contributed by atoms with Crippen LogP contribution in [0.5, 0.6) is 17.2 Å². The van der Waals surface area contributed by atoms with Gasteiger partial charge in [-0.15, -0.1) is 0 Å². The maximum Gasteiger partial charge on any atom is 0.319 e. The molecule has 6 nitrogen and oxygen atoms in total. The van der Waals surface area contributed by atoms with E-state index in [1.807, 2.05) is 18.2 Å². The van der Waals surface area contributed by atoms with Gasteiger partial charge in [0.25, 0.3) is 0 Å². The van der Waals surface area contributed by atoms with Gasteiger partial charge in [-0.1, -0.05) is 26.0 Å². The van der Waals surface area contributed by atoms with Gasteiger partial charge in [0.1, 0.15) is 23.9 Å². The number of rotatable bonds is 8.